The van der Waals surface area contributed by atoms with E-state index in [0.717, 1.165) is 37.7 Å². The summed E-state index contributed by atoms with van der Waals surface area (Å²) in [6.45, 7) is 0.693. The van der Waals surface area contributed by atoms with Crippen molar-refractivity contribution >= 4 is 29.1 Å². The number of nitrogens with two attached hydrogens (primary N) is 1. The first-order valence-corrected chi connectivity index (χ1v) is 12.2. The van der Waals surface area contributed by atoms with Crippen LogP contribution in [0, 0.1) is 11.8 Å². The molecule has 1 aromatic heterocycles. The lowest BCUT2D eigenvalue weighted by atomic mass is 9.81. The van der Waals surface area contributed by atoms with Gasteiger partial charge in [-0.1, -0.05) is 42.0 Å². The molecular weight excluding hydrogens is 438 g/mol. The molecule has 0 radical (unpaired) electrons. The van der Waals surface area contributed by atoms with E-state index in [1.807, 2.05) is 30.3 Å². The number of nitrogens with zero attached hydrogens (tertiary/aromatic N) is 1. The summed E-state index contributed by atoms with van der Waals surface area (Å²) < 4.78 is 0. The highest BCUT2D eigenvalue weighted by Gasteiger charge is 2.29. The second-order valence-corrected chi connectivity index (χ2v) is 9.36. The predicted octanol–water partition coefficient (Wildman–Crippen LogP) is 4.72. The molecule has 1 saturated carbocycles. The van der Waals surface area contributed by atoms with Gasteiger partial charge in [0, 0.05) is 17.9 Å². The Morgan fingerprint density at radius 3 is 2.67 bits per heavy atom. The zero-order valence-corrected chi connectivity index (χ0v) is 19.5. The summed E-state index contributed by atoms with van der Waals surface area (Å²) in [7, 11) is 0. The van der Waals surface area contributed by atoms with Gasteiger partial charge in [-0.15, -0.1) is 0 Å². The van der Waals surface area contributed by atoms with Crippen LogP contribution in [0.15, 0.2) is 36.4 Å². The topological polar surface area (TPSA) is 113 Å². The van der Waals surface area contributed by atoms with Crippen molar-refractivity contribution in [3.05, 3.63) is 47.4 Å². The number of allylic oxidation sites excluding steroid dienone is 2. The molecule has 1 aromatic carbocycles. The van der Waals surface area contributed by atoms with Gasteiger partial charge in [-0.2, -0.15) is 0 Å². The van der Waals surface area contributed by atoms with Crippen LogP contribution in [-0.4, -0.2) is 28.3 Å². The average molecular weight is 470 g/mol. The maximum absolute atomic E-state index is 13.1. The van der Waals surface area contributed by atoms with Gasteiger partial charge in [0.05, 0.1) is 11.7 Å². The predicted molar refractivity (Wildman–Crippen MR) is 131 cm³/mol. The lowest BCUT2D eigenvalue weighted by molar-refractivity contribution is -0.127. The highest BCUT2D eigenvalue weighted by atomic mass is 35.5. The number of amides is 2. The number of hydrogen-bond acceptors (Lipinski definition) is 4. The zero-order valence-electron chi connectivity index (χ0n) is 18.8. The minimum Gasteiger partial charge on any atom is -0.346 e. The van der Waals surface area contributed by atoms with E-state index in [1.54, 1.807) is 0 Å². The van der Waals surface area contributed by atoms with Crippen LogP contribution < -0.4 is 16.4 Å². The quantitative estimate of drug-likeness (QED) is 0.487. The lowest BCUT2D eigenvalue weighted by Gasteiger charge is -2.28. The smallest absolute Gasteiger partial charge is 0.224 e. The van der Waals surface area contributed by atoms with Crippen molar-refractivity contribution < 1.29 is 9.59 Å². The molecule has 4 rings (SSSR count). The molecular formula is C25H32ClN5O2. The number of benzene rings is 1. The van der Waals surface area contributed by atoms with Gasteiger partial charge in [-0.25, -0.2) is 4.98 Å². The SMILES string of the molecule is NCC1CCC(C(=O)N[C@H]2CC/C=C/CCC(=O)Nc3ccccc3-c3nc2[nH]c3Cl)CC1. The number of carbonyl (C=O) groups excluding carboxylic acids is 2. The second-order valence-electron chi connectivity index (χ2n) is 8.98. The third-order valence-corrected chi connectivity index (χ3v) is 6.93. The van der Waals surface area contributed by atoms with Crippen molar-refractivity contribution in [3.63, 3.8) is 0 Å². The fraction of sp³-hybridized carbons (Fsp3) is 0.480. The van der Waals surface area contributed by atoms with Crippen LogP contribution in [0.2, 0.25) is 5.15 Å². The van der Waals surface area contributed by atoms with Gasteiger partial charge >= 0.3 is 0 Å². The highest BCUT2D eigenvalue weighted by molar-refractivity contribution is 6.32. The van der Waals surface area contributed by atoms with E-state index in [0.29, 0.717) is 54.1 Å². The number of anilines is 1. The molecule has 2 aromatic rings. The first-order chi connectivity index (χ1) is 16.0. The number of fused-ring (bicyclic) bond motifs is 4. The van der Waals surface area contributed by atoms with Gasteiger partial charge < -0.3 is 21.4 Å². The van der Waals surface area contributed by atoms with Gasteiger partial charge in [0.15, 0.2) is 0 Å². The molecule has 176 valence electrons. The number of hydrogen-bond donors (Lipinski definition) is 4. The van der Waals surface area contributed by atoms with Crippen molar-refractivity contribution in [2.45, 2.75) is 57.4 Å². The van der Waals surface area contributed by atoms with E-state index in [9.17, 15) is 9.59 Å². The normalized spacial score (nSPS) is 24.8. The summed E-state index contributed by atoms with van der Waals surface area (Å²) in [5.74, 6) is 1.19. The fourth-order valence-electron chi connectivity index (χ4n) is 4.66. The Morgan fingerprint density at radius 1 is 1.12 bits per heavy atom. The van der Waals surface area contributed by atoms with E-state index in [4.69, 9.17) is 22.3 Å². The summed E-state index contributed by atoms with van der Waals surface area (Å²) in [6, 6.07) is 7.21. The summed E-state index contributed by atoms with van der Waals surface area (Å²) >= 11 is 6.56. The van der Waals surface area contributed by atoms with Crippen molar-refractivity contribution in [1.82, 2.24) is 15.3 Å². The van der Waals surface area contributed by atoms with Crippen molar-refractivity contribution in [2.24, 2.45) is 17.6 Å². The molecule has 1 aliphatic carbocycles. The molecule has 1 aliphatic heterocycles. The van der Waals surface area contributed by atoms with Gasteiger partial charge in [-0.05, 0) is 63.5 Å². The highest BCUT2D eigenvalue weighted by Crippen LogP contribution is 2.34. The molecule has 7 nitrogen and oxygen atoms in total. The molecule has 2 amide bonds. The van der Waals surface area contributed by atoms with Crippen molar-refractivity contribution in [3.8, 4) is 11.3 Å². The number of para-hydroxylation sites is 1. The number of rotatable bonds is 3. The molecule has 0 unspecified atom stereocenters. The van der Waals surface area contributed by atoms with Gasteiger partial charge in [-0.3, -0.25) is 9.59 Å². The van der Waals surface area contributed by atoms with Crippen LogP contribution in [0.4, 0.5) is 5.69 Å². The fourth-order valence-corrected chi connectivity index (χ4v) is 4.90. The summed E-state index contributed by atoms with van der Waals surface area (Å²) in [5.41, 5.74) is 7.78. The first kappa shape index (κ1) is 23.5. The number of aromatic nitrogens is 2. The molecule has 1 fully saturated rings. The van der Waals surface area contributed by atoms with Crippen molar-refractivity contribution in [1.29, 1.82) is 0 Å². The molecule has 1 atom stereocenters. The molecule has 2 aliphatic rings. The summed E-state index contributed by atoms with van der Waals surface area (Å²) in [6.07, 6.45) is 10.3. The van der Waals surface area contributed by atoms with Crippen LogP contribution in [0.1, 0.15) is 63.2 Å². The van der Waals surface area contributed by atoms with Crippen LogP contribution in [0.3, 0.4) is 0 Å². The first-order valence-electron chi connectivity index (χ1n) is 11.8. The molecule has 2 heterocycles. The van der Waals surface area contributed by atoms with Crippen LogP contribution in [0.5, 0.6) is 0 Å². The van der Waals surface area contributed by atoms with Crippen LogP contribution in [0.25, 0.3) is 11.3 Å². The van der Waals surface area contributed by atoms with Crippen molar-refractivity contribution in [2.75, 3.05) is 11.9 Å². The number of H-pyrrole nitrogens is 1. The largest absolute Gasteiger partial charge is 0.346 e. The maximum Gasteiger partial charge on any atom is 0.224 e. The third-order valence-electron chi connectivity index (χ3n) is 6.66. The number of nitrogens with one attached hydrogen (secondary N) is 3. The van der Waals surface area contributed by atoms with E-state index in [1.165, 1.54) is 0 Å². The Hall–Kier alpha value is -2.64. The Balaban J connectivity index is 1.60. The van der Waals surface area contributed by atoms with Crippen LogP contribution >= 0.6 is 11.6 Å². The minimum absolute atomic E-state index is 0.0114. The molecule has 0 spiro atoms. The van der Waals surface area contributed by atoms with E-state index >= 15 is 0 Å². The Kier molecular flexibility index (Phi) is 7.83. The van der Waals surface area contributed by atoms with Gasteiger partial charge in [0.1, 0.15) is 16.7 Å². The van der Waals surface area contributed by atoms with Crippen LogP contribution in [-0.2, 0) is 9.59 Å². The third kappa shape index (κ3) is 5.84. The Labute approximate surface area is 199 Å². The van der Waals surface area contributed by atoms with Gasteiger partial charge in [0.2, 0.25) is 11.8 Å². The van der Waals surface area contributed by atoms with E-state index < -0.39 is 0 Å². The molecule has 2 bridgehead atoms. The number of imidazole rings is 1. The lowest BCUT2D eigenvalue weighted by Crippen LogP contribution is -2.37. The molecule has 0 saturated heterocycles. The maximum atomic E-state index is 13.1. The second kappa shape index (κ2) is 11.0. The molecule has 33 heavy (non-hydrogen) atoms. The number of carbonyl (C=O) groups is 2. The zero-order chi connectivity index (χ0) is 23.2. The monoisotopic (exact) mass is 469 g/mol. The van der Waals surface area contributed by atoms with Gasteiger partial charge in [0.25, 0.3) is 0 Å². The standard InChI is InChI=1S/C25H32ClN5O2/c26-23-22-18-7-5-6-8-19(18)28-21(32)10-4-2-1-3-9-20(24(30-22)31-23)29-25(33)17-13-11-16(15-27)12-14-17/h1-2,5-8,16-17,20H,3-4,9-15,27H2,(H,28,32)(H,29,33)(H,30,31)/b2-1+/t16?,17?,20-/m0/s1. The number of halogens is 1. The minimum atomic E-state index is -0.273. The summed E-state index contributed by atoms with van der Waals surface area (Å²) in [5, 5.41) is 6.59. The Morgan fingerprint density at radius 2 is 1.88 bits per heavy atom. The summed E-state index contributed by atoms with van der Waals surface area (Å²) in [4.78, 5) is 33.4. The molecule has 8 heteroatoms. The molecule has 5 N–H and O–H groups in total. The average Bonchev–Trinajstić information content (AvgIpc) is 3.21. The number of aromatic amines is 1. The van der Waals surface area contributed by atoms with E-state index in [-0.39, 0.29) is 23.8 Å². The Bertz CT molecular complexity index is 1010. The van der Waals surface area contributed by atoms with E-state index in [2.05, 4.69) is 21.7 Å².